The van der Waals surface area contributed by atoms with Gasteiger partial charge in [0.05, 0.1) is 29.0 Å². The molecule has 501 valence electrons. The Balaban J connectivity index is 0.000000189. The standard InChI is InChI=1S/2C27H46O2.C27H44O2.B.Na.H/c3*1-6-8-24(28)18(3)21-11-12-22-20-10-9-19-17-27(29,7-2)16-15-25(19,4)23(20)13-14-26(21,22)5;;;/h2*9,18,20-24,28-29H,6-8,10-17H2,1-5H3;9,18,20-23,29H,6-8,10-17H2,1-5H3;;;/q;;;;+1;-1/t18-,20-,21+,22-,23-,24?,25-,26+,27-;18-,20-,21+,22-,23-,24+,25-,26+,27-;18-,20-,21+,22-,23-,25-,26+,27-;;;/m000.../s1. The minimum atomic E-state index is -0.463. The van der Waals surface area contributed by atoms with Gasteiger partial charge in [0.15, 0.2) is 0 Å². The molecule has 0 saturated heterocycles. The van der Waals surface area contributed by atoms with E-state index >= 15 is 0 Å². The molecule has 6 nitrogen and oxygen atoms in total. The molecule has 12 aliphatic rings. The summed E-state index contributed by atoms with van der Waals surface area (Å²) in [6.45, 7) is 35.1. The first-order valence-electron chi connectivity index (χ1n) is 38.2. The summed E-state index contributed by atoms with van der Waals surface area (Å²) in [5, 5.41) is 54.3. The summed E-state index contributed by atoms with van der Waals surface area (Å²) in [6.07, 6.45) is 44.6. The van der Waals surface area contributed by atoms with Crippen LogP contribution in [0.5, 0.6) is 0 Å². The molecule has 3 radical (unpaired) electrons. The molecule has 0 heterocycles. The first-order chi connectivity index (χ1) is 41.0. The number of aliphatic hydroxyl groups is 5. The third kappa shape index (κ3) is 13.1. The molecule has 12 rings (SSSR count). The molecule has 0 aliphatic heterocycles. The summed E-state index contributed by atoms with van der Waals surface area (Å²) in [7, 11) is 0. The number of ketones is 1. The van der Waals surface area contributed by atoms with Crippen molar-refractivity contribution in [3.05, 3.63) is 34.9 Å². The minimum absolute atomic E-state index is 0. The number of Topliss-reactive ketones (excluding diaryl/α,β-unsaturated/α-hetero) is 1. The van der Waals surface area contributed by atoms with Gasteiger partial charge in [-0.2, -0.15) is 0 Å². The van der Waals surface area contributed by atoms with Crippen molar-refractivity contribution in [1.82, 2.24) is 0 Å². The molecular formula is C81H137BNaO6. The number of carbonyl (C=O) groups is 1. The van der Waals surface area contributed by atoms with E-state index in [9.17, 15) is 30.3 Å². The largest absolute Gasteiger partial charge is 1.00 e. The maximum absolute atomic E-state index is 12.7. The zero-order valence-electron chi connectivity index (χ0n) is 61.6. The topological polar surface area (TPSA) is 118 Å². The molecule has 89 heavy (non-hydrogen) atoms. The summed E-state index contributed by atoms with van der Waals surface area (Å²) in [5.41, 5.74) is 5.47. The van der Waals surface area contributed by atoms with Crippen molar-refractivity contribution in [2.24, 2.45) is 121 Å². The fourth-order valence-corrected chi connectivity index (χ4v) is 26.1. The first-order valence-corrected chi connectivity index (χ1v) is 38.2. The summed E-state index contributed by atoms with van der Waals surface area (Å²) in [4.78, 5) is 12.7. The first kappa shape index (κ1) is 74.5. The van der Waals surface area contributed by atoms with E-state index in [1.165, 1.54) is 109 Å². The van der Waals surface area contributed by atoms with Crippen LogP contribution in [0.25, 0.3) is 0 Å². The van der Waals surface area contributed by atoms with Crippen molar-refractivity contribution >= 4 is 14.2 Å². The minimum Gasteiger partial charge on any atom is -1.00 e. The average molecular weight is 1240 g/mol. The molecule has 0 aromatic heterocycles. The fraction of sp³-hybridized carbons (Fsp3) is 0.914. The number of hydrogen-bond donors (Lipinski definition) is 5. The number of carbonyl (C=O) groups excluding carboxylic acids is 1. The van der Waals surface area contributed by atoms with E-state index in [2.05, 4.69) is 122 Å². The van der Waals surface area contributed by atoms with E-state index < -0.39 is 16.8 Å². The van der Waals surface area contributed by atoms with Crippen molar-refractivity contribution in [2.75, 3.05) is 0 Å². The van der Waals surface area contributed by atoms with Crippen LogP contribution < -0.4 is 29.6 Å². The van der Waals surface area contributed by atoms with Gasteiger partial charge in [-0.25, -0.2) is 0 Å². The van der Waals surface area contributed by atoms with Gasteiger partial charge in [-0.3, -0.25) is 4.79 Å². The molecule has 1 unspecified atom stereocenters. The maximum Gasteiger partial charge on any atom is 1.00 e. The Morgan fingerprint density at radius 1 is 0.449 bits per heavy atom. The third-order valence-corrected chi connectivity index (χ3v) is 32.2. The van der Waals surface area contributed by atoms with Crippen LogP contribution in [0.15, 0.2) is 34.9 Å². The molecule has 8 heteroatoms. The van der Waals surface area contributed by atoms with Gasteiger partial charge in [0.25, 0.3) is 0 Å². The van der Waals surface area contributed by atoms with Crippen molar-refractivity contribution in [3.8, 4) is 0 Å². The van der Waals surface area contributed by atoms with Crippen molar-refractivity contribution < 1.29 is 61.3 Å². The Labute approximate surface area is 572 Å². The number of hydrogen-bond acceptors (Lipinski definition) is 6. The Kier molecular flexibility index (Phi) is 23.7. The smallest absolute Gasteiger partial charge is 1.00 e. The van der Waals surface area contributed by atoms with E-state index in [4.69, 9.17) is 0 Å². The molecule has 0 bridgehead atoms. The zero-order valence-corrected chi connectivity index (χ0v) is 62.6. The quantitative estimate of drug-likeness (QED) is 0.0824. The van der Waals surface area contributed by atoms with Gasteiger partial charge in [0.1, 0.15) is 5.78 Å². The molecular weight excluding hydrogens is 1100 g/mol. The van der Waals surface area contributed by atoms with Gasteiger partial charge in [0, 0.05) is 20.8 Å². The van der Waals surface area contributed by atoms with Crippen LogP contribution in [0.2, 0.25) is 0 Å². The van der Waals surface area contributed by atoms with Crippen molar-refractivity contribution in [1.29, 1.82) is 0 Å². The molecule has 26 atom stereocenters. The monoisotopic (exact) mass is 1240 g/mol. The van der Waals surface area contributed by atoms with Crippen molar-refractivity contribution in [3.63, 3.8) is 0 Å². The Hall–Kier alpha value is -0.245. The van der Waals surface area contributed by atoms with E-state index in [0.29, 0.717) is 67.9 Å². The molecule has 9 fully saturated rings. The molecule has 0 amide bonds. The van der Waals surface area contributed by atoms with Gasteiger partial charge in [-0.1, -0.05) is 152 Å². The van der Waals surface area contributed by atoms with E-state index in [1.54, 1.807) is 16.7 Å². The summed E-state index contributed by atoms with van der Waals surface area (Å²) < 4.78 is 0. The predicted molar refractivity (Wildman–Crippen MR) is 367 cm³/mol. The van der Waals surface area contributed by atoms with Gasteiger partial charge < -0.3 is 27.0 Å². The molecule has 0 spiro atoms. The second kappa shape index (κ2) is 28.3. The Morgan fingerprint density at radius 3 is 1.04 bits per heavy atom. The van der Waals surface area contributed by atoms with E-state index in [0.717, 1.165) is 156 Å². The van der Waals surface area contributed by atoms with Gasteiger partial charge >= 0.3 is 29.6 Å². The SMILES string of the molecule is CCCC(=O)[C@@H](C)[C@H]1CC[C@H]2[C@@H]3CC=C4C[C@](O)(CC)CC[C@]4(C)[C@H]3CC[C@]12C.CCCC(O)[C@@H](C)[C@H]1CC[C@H]2[C@@H]3CC=C4C[C@](O)(CC)CC[C@]4(C)[C@H]3CC[C@]12C.CCC[C@@H](O)[C@@H](C)[C@H]1CC[C@H]2[C@@H]3CC=C4C[C@](O)(CC)CC[C@]4(C)[C@H]3CC[C@]12C.[B].[H-].[Na+]. The van der Waals surface area contributed by atoms with E-state index in [1.807, 2.05) is 0 Å². The number of rotatable bonds is 15. The van der Waals surface area contributed by atoms with Crippen molar-refractivity contribution in [2.45, 2.75) is 345 Å². The van der Waals surface area contributed by atoms with Crippen LogP contribution in [-0.4, -0.2) is 68.7 Å². The summed E-state index contributed by atoms with van der Waals surface area (Å²) >= 11 is 0. The van der Waals surface area contributed by atoms with Crippen LogP contribution in [0.3, 0.4) is 0 Å². The third-order valence-electron chi connectivity index (χ3n) is 32.2. The number of allylic oxidation sites excluding steroid dienone is 3. The second-order valence-corrected chi connectivity index (χ2v) is 35.7. The zero-order chi connectivity index (χ0) is 63.1. The summed E-state index contributed by atoms with van der Waals surface area (Å²) in [6, 6.07) is 0. The molecule has 0 aromatic rings. The molecule has 9 saturated carbocycles. The average Bonchev–Trinajstić information content (AvgIpc) is 1.30. The molecule has 0 aromatic carbocycles. The van der Waals surface area contributed by atoms with Gasteiger partial charge in [-0.15, -0.1) is 0 Å². The van der Waals surface area contributed by atoms with Gasteiger partial charge in [-0.05, 0) is 308 Å². The summed E-state index contributed by atoms with van der Waals surface area (Å²) in [5.74, 6) is 10.8. The van der Waals surface area contributed by atoms with Gasteiger partial charge in [0.2, 0.25) is 0 Å². The molecule has 12 aliphatic carbocycles. The van der Waals surface area contributed by atoms with Crippen LogP contribution in [0, 0.1) is 121 Å². The Bertz CT molecular complexity index is 2410. The van der Waals surface area contributed by atoms with Crippen LogP contribution >= 0.6 is 0 Å². The van der Waals surface area contributed by atoms with Crippen LogP contribution in [0.4, 0.5) is 0 Å². The number of aliphatic hydroxyl groups excluding tert-OH is 2. The number of fused-ring (bicyclic) bond motifs is 15. The van der Waals surface area contributed by atoms with E-state index in [-0.39, 0.29) is 57.5 Å². The maximum atomic E-state index is 12.7. The molecule has 5 N–H and O–H groups in total. The normalized spacial score (nSPS) is 47.3. The van der Waals surface area contributed by atoms with Crippen LogP contribution in [-0.2, 0) is 4.79 Å². The predicted octanol–water partition coefficient (Wildman–Crippen LogP) is 16.5. The van der Waals surface area contributed by atoms with Crippen LogP contribution in [0.1, 0.15) is 317 Å². The second-order valence-electron chi connectivity index (χ2n) is 35.7. The Morgan fingerprint density at radius 2 is 0.753 bits per heavy atom. The fourth-order valence-electron chi connectivity index (χ4n) is 26.1.